The highest BCUT2D eigenvalue weighted by molar-refractivity contribution is 7.99. The molecule has 0 unspecified atom stereocenters. The van der Waals surface area contributed by atoms with Crippen molar-refractivity contribution >= 4 is 29.2 Å². The molecule has 0 bridgehead atoms. The smallest absolute Gasteiger partial charge is 0.330 e. The number of unbranched alkanes of at least 4 members (excludes halogenated alkanes) is 1. The Hall–Kier alpha value is -2.49. The number of amides is 1. The van der Waals surface area contributed by atoms with Gasteiger partial charge in [0.2, 0.25) is 5.91 Å². The van der Waals surface area contributed by atoms with E-state index < -0.39 is 11.2 Å². The van der Waals surface area contributed by atoms with E-state index in [0.717, 1.165) is 43.7 Å². The third-order valence-electron chi connectivity index (χ3n) is 5.25. The van der Waals surface area contributed by atoms with E-state index in [9.17, 15) is 14.4 Å². The summed E-state index contributed by atoms with van der Waals surface area (Å²) in [5.41, 5.74) is 5.22. The highest BCUT2D eigenvalue weighted by Gasteiger charge is 2.32. The lowest BCUT2D eigenvalue weighted by Crippen LogP contribution is -2.46. The Labute approximate surface area is 173 Å². The van der Waals surface area contributed by atoms with Crippen LogP contribution in [0.1, 0.15) is 45.4 Å². The first-order valence-corrected chi connectivity index (χ1v) is 11.0. The number of aromatic amines is 1. The van der Waals surface area contributed by atoms with E-state index in [0.29, 0.717) is 6.54 Å². The van der Waals surface area contributed by atoms with Crippen molar-refractivity contribution in [2.45, 2.75) is 63.2 Å². The second kappa shape index (κ2) is 9.34. The molecule has 9 nitrogen and oxygen atoms in total. The van der Waals surface area contributed by atoms with E-state index >= 15 is 0 Å². The lowest BCUT2D eigenvalue weighted by molar-refractivity contribution is -0.116. The number of nitrogens with two attached hydrogens (primary N) is 1. The molecule has 3 rings (SSSR count). The number of hydrogen-bond donors (Lipinski definition) is 2. The van der Waals surface area contributed by atoms with Crippen molar-refractivity contribution in [1.29, 1.82) is 0 Å². The van der Waals surface area contributed by atoms with Gasteiger partial charge in [0, 0.05) is 32.0 Å². The second-order valence-corrected chi connectivity index (χ2v) is 8.25. The number of carbonyl (C=O) groups excluding carboxylic acids is 1. The Balaban J connectivity index is 1.96. The van der Waals surface area contributed by atoms with Crippen LogP contribution in [0.5, 0.6) is 0 Å². The zero-order valence-electron chi connectivity index (χ0n) is 16.9. The fraction of sp³-hybridized carbons (Fsp3) is 0.579. The van der Waals surface area contributed by atoms with E-state index in [1.807, 2.05) is 24.7 Å². The van der Waals surface area contributed by atoms with Gasteiger partial charge in [-0.15, -0.1) is 0 Å². The van der Waals surface area contributed by atoms with Gasteiger partial charge < -0.3 is 15.2 Å². The molecule has 1 aliphatic rings. The fourth-order valence-electron chi connectivity index (χ4n) is 3.71. The number of nitrogen functional groups attached to an aromatic ring is 1. The standard InChI is InChI=1S/C19H28N6O3S/c1-3-4-10-24-16(20)15(17(27)22-18(24)28)25(13-7-5-6-8-13)14(26)12-29-19-21-9-11-23(19)2/h9,11,13H,3-8,10,12,20H2,1-2H3,(H,22,27,28). The van der Waals surface area contributed by atoms with E-state index in [1.54, 1.807) is 6.20 Å². The van der Waals surface area contributed by atoms with Crippen LogP contribution in [0.2, 0.25) is 0 Å². The zero-order valence-corrected chi connectivity index (χ0v) is 17.7. The van der Waals surface area contributed by atoms with E-state index in [-0.39, 0.29) is 29.2 Å². The summed E-state index contributed by atoms with van der Waals surface area (Å²) in [6, 6.07) is -0.0926. The first-order valence-electron chi connectivity index (χ1n) is 9.98. The molecular formula is C19H28N6O3S. The molecule has 1 fully saturated rings. The third kappa shape index (κ3) is 4.58. The second-order valence-electron chi connectivity index (χ2n) is 7.31. The van der Waals surface area contributed by atoms with Crippen LogP contribution < -0.4 is 21.9 Å². The molecule has 1 aliphatic carbocycles. The van der Waals surface area contributed by atoms with Crippen LogP contribution in [0.25, 0.3) is 0 Å². The van der Waals surface area contributed by atoms with Gasteiger partial charge in [-0.1, -0.05) is 37.9 Å². The minimum atomic E-state index is -0.609. The molecule has 0 radical (unpaired) electrons. The van der Waals surface area contributed by atoms with Crippen LogP contribution in [0, 0.1) is 0 Å². The lowest BCUT2D eigenvalue weighted by atomic mass is 10.2. The number of carbonyl (C=O) groups is 1. The van der Waals surface area contributed by atoms with Gasteiger partial charge >= 0.3 is 5.69 Å². The number of rotatable bonds is 8. The van der Waals surface area contributed by atoms with Gasteiger partial charge in [0.15, 0.2) is 10.8 Å². The van der Waals surface area contributed by atoms with Crippen molar-refractivity contribution in [3.8, 4) is 0 Å². The van der Waals surface area contributed by atoms with Crippen molar-refractivity contribution in [3.63, 3.8) is 0 Å². The quantitative estimate of drug-likeness (QED) is 0.628. The summed E-state index contributed by atoms with van der Waals surface area (Å²) in [4.78, 5) is 46.3. The van der Waals surface area contributed by atoms with Crippen LogP contribution in [0.4, 0.5) is 11.5 Å². The Bertz CT molecular complexity index is 973. The van der Waals surface area contributed by atoms with Crippen LogP contribution in [-0.4, -0.2) is 36.8 Å². The molecule has 2 heterocycles. The Kier molecular flexibility index (Phi) is 6.83. The number of hydrogen-bond acceptors (Lipinski definition) is 6. The Morgan fingerprint density at radius 1 is 1.38 bits per heavy atom. The van der Waals surface area contributed by atoms with Crippen molar-refractivity contribution in [2.75, 3.05) is 16.4 Å². The van der Waals surface area contributed by atoms with Gasteiger partial charge in [-0.3, -0.25) is 19.1 Å². The molecule has 3 N–H and O–H groups in total. The molecule has 0 spiro atoms. The maximum Gasteiger partial charge on any atom is 0.330 e. The molecule has 0 atom stereocenters. The first kappa shape index (κ1) is 21.2. The van der Waals surface area contributed by atoms with Gasteiger partial charge in [0.25, 0.3) is 5.56 Å². The number of aryl methyl sites for hydroxylation is 1. The lowest BCUT2D eigenvalue weighted by Gasteiger charge is -2.29. The number of imidazole rings is 1. The predicted octanol–water partition coefficient (Wildman–Crippen LogP) is 1.72. The van der Waals surface area contributed by atoms with Gasteiger partial charge in [-0.25, -0.2) is 9.78 Å². The summed E-state index contributed by atoms with van der Waals surface area (Å²) < 4.78 is 3.20. The molecule has 158 valence electrons. The minimum absolute atomic E-state index is 0.0643. The van der Waals surface area contributed by atoms with E-state index in [1.165, 1.54) is 21.2 Å². The maximum absolute atomic E-state index is 13.2. The molecule has 0 saturated heterocycles. The van der Waals surface area contributed by atoms with Gasteiger partial charge in [-0.2, -0.15) is 0 Å². The Morgan fingerprint density at radius 2 is 2.10 bits per heavy atom. The topological polar surface area (TPSA) is 119 Å². The highest BCUT2D eigenvalue weighted by atomic mass is 32.2. The fourth-order valence-corrected chi connectivity index (χ4v) is 4.50. The number of nitrogens with zero attached hydrogens (tertiary/aromatic N) is 4. The van der Waals surface area contributed by atoms with Crippen molar-refractivity contribution in [3.05, 3.63) is 33.2 Å². The van der Waals surface area contributed by atoms with Crippen molar-refractivity contribution in [1.82, 2.24) is 19.1 Å². The predicted molar refractivity (Wildman–Crippen MR) is 114 cm³/mol. The molecule has 29 heavy (non-hydrogen) atoms. The average Bonchev–Trinajstić information content (AvgIpc) is 3.34. The summed E-state index contributed by atoms with van der Waals surface area (Å²) in [7, 11) is 1.86. The molecule has 1 amide bonds. The largest absolute Gasteiger partial charge is 0.383 e. The van der Waals surface area contributed by atoms with Gasteiger partial charge in [0.05, 0.1) is 5.75 Å². The molecule has 1 saturated carbocycles. The molecule has 2 aromatic heterocycles. The van der Waals surface area contributed by atoms with E-state index in [2.05, 4.69) is 9.97 Å². The number of nitrogens with one attached hydrogen (secondary N) is 1. The summed E-state index contributed by atoms with van der Waals surface area (Å²) in [5, 5.41) is 0.722. The summed E-state index contributed by atoms with van der Waals surface area (Å²) in [6.07, 6.45) is 8.73. The molecule has 0 aromatic carbocycles. The Morgan fingerprint density at radius 3 is 2.72 bits per heavy atom. The molecular weight excluding hydrogens is 392 g/mol. The highest BCUT2D eigenvalue weighted by Crippen LogP contribution is 2.30. The summed E-state index contributed by atoms with van der Waals surface area (Å²) in [6.45, 7) is 2.41. The zero-order chi connectivity index (χ0) is 21.0. The van der Waals surface area contributed by atoms with E-state index in [4.69, 9.17) is 5.73 Å². The molecule has 10 heteroatoms. The number of H-pyrrole nitrogens is 1. The first-order chi connectivity index (χ1) is 13.9. The SMILES string of the molecule is CCCCn1c(N)c(N(C(=O)CSc2nccn2C)C2CCCC2)c(=O)[nH]c1=O. The molecule has 2 aromatic rings. The van der Waals surface area contributed by atoms with Crippen LogP contribution in [-0.2, 0) is 18.4 Å². The molecule has 0 aliphatic heterocycles. The summed E-state index contributed by atoms with van der Waals surface area (Å²) in [5.74, 6) is -0.00820. The monoisotopic (exact) mass is 420 g/mol. The minimum Gasteiger partial charge on any atom is -0.383 e. The van der Waals surface area contributed by atoms with Crippen LogP contribution >= 0.6 is 11.8 Å². The summed E-state index contributed by atoms with van der Waals surface area (Å²) >= 11 is 1.32. The normalized spacial score (nSPS) is 14.4. The van der Waals surface area contributed by atoms with Crippen LogP contribution in [0.3, 0.4) is 0 Å². The van der Waals surface area contributed by atoms with Crippen molar-refractivity contribution < 1.29 is 4.79 Å². The number of thioether (sulfide) groups is 1. The van der Waals surface area contributed by atoms with Gasteiger partial charge in [-0.05, 0) is 19.3 Å². The van der Waals surface area contributed by atoms with Crippen LogP contribution in [0.15, 0.2) is 27.1 Å². The maximum atomic E-state index is 13.2. The van der Waals surface area contributed by atoms with Crippen molar-refractivity contribution in [2.24, 2.45) is 7.05 Å². The number of aromatic nitrogens is 4. The van der Waals surface area contributed by atoms with Gasteiger partial charge in [0.1, 0.15) is 5.82 Å². The number of anilines is 2. The average molecular weight is 421 g/mol. The third-order valence-corrected chi connectivity index (χ3v) is 6.29.